The predicted molar refractivity (Wildman–Crippen MR) is 98.8 cm³/mol. The second kappa shape index (κ2) is 6.94. The highest BCUT2D eigenvalue weighted by atomic mass is 35.5. The summed E-state index contributed by atoms with van der Waals surface area (Å²) in [6.45, 7) is 4.17. The number of nitriles is 1. The average Bonchev–Trinajstić information content (AvgIpc) is 2.86. The van der Waals surface area contributed by atoms with E-state index in [1.165, 1.54) is 0 Å². The summed E-state index contributed by atoms with van der Waals surface area (Å²) in [6.07, 6.45) is 0. The number of nitrogens with two attached hydrogens (primary N) is 1. The number of anilines is 2. The summed E-state index contributed by atoms with van der Waals surface area (Å²) in [5.41, 5.74) is 8.28. The molecule has 1 aromatic heterocycles. The number of rotatable bonds is 3. The molecule has 1 saturated heterocycles. The number of hydrogen-bond donors (Lipinski definition) is 1. The highest BCUT2D eigenvalue weighted by molar-refractivity contribution is 6.35. The van der Waals surface area contributed by atoms with Gasteiger partial charge in [0.15, 0.2) is 0 Å². The van der Waals surface area contributed by atoms with Gasteiger partial charge in [-0.25, -0.2) is 0 Å². The van der Waals surface area contributed by atoms with Crippen LogP contribution in [0.1, 0.15) is 11.3 Å². The predicted octanol–water partition coefficient (Wildman–Crippen LogP) is 3.05. The minimum Gasteiger partial charge on any atom is -0.396 e. The van der Waals surface area contributed by atoms with E-state index in [-0.39, 0.29) is 0 Å². The van der Waals surface area contributed by atoms with Crippen LogP contribution < -0.4 is 10.6 Å². The van der Waals surface area contributed by atoms with Crippen LogP contribution in [0.15, 0.2) is 24.3 Å². The van der Waals surface area contributed by atoms with Crippen molar-refractivity contribution in [1.29, 1.82) is 5.26 Å². The molecule has 0 atom stereocenters. The van der Waals surface area contributed by atoms with Gasteiger partial charge in [0, 0.05) is 36.2 Å². The lowest BCUT2D eigenvalue weighted by molar-refractivity contribution is 0.311. The van der Waals surface area contributed by atoms with E-state index < -0.39 is 0 Å². The van der Waals surface area contributed by atoms with Gasteiger partial charge < -0.3 is 20.1 Å². The molecule has 0 unspecified atom stereocenters. The van der Waals surface area contributed by atoms with E-state index in [1.54, 1.807) is 18.2 Å². The summed E-state index contributed by atoms with van der Waals surface area (Å²) in [6, 6.07) is 9.37. The van der Waals surface area contributed by atoms with Crippen LogP contribution in [-0.4, -0.2) is 42.7 Å². The van der Waals surface area contributed by atoms with Crippen molar-refractivity contribution in [3.63, 3.8) is 0 Å². The van der Waals surface area contributed by atoms with Gasteiger partial charge in [0.2, 0.25) is 0 Å². The first-order valence-electron chi connectivity index (χ1n) is 7.76. The lowest BCUT2D eigenvalue weighted by Crippen LogP contribution is -2.45. The van der Waals surface area contributed by atoms with Gasteiger partial charge in [-0.1, -0.05) is 29.3 Å². The standard InChI is InChI=1S/C17H19Cl2N5/c1-22-4-6-23(7-5-22)17-16(21)9-14(10-20)24(17)11-12-2-3-13(18)8-15(12)19/h2-3,8-9H,4-7,11,21H2,1H3. The van der Waals surface area contributed by atoms with Gasteiger partial charge in [0.1, 0.15) is 17.6 Å². The summed E-state index contributed by atoms with van der Waals surface area (Å²) < 4.78 is 1.94. The van der Waals surface area contributed by atoms with Crippen molar-refractivity contribution in [3.8, 4) is 6.07 Å². The minimum absolute atomic E-state index is 0.484. The van der Waals surface area contributed by atoms with E-state index in [4.69, 9.17) is 28.9 Å². The maximum absolute atomic E-state index is 9.48. The van der Waals surface area contributed by atoms with Crippen LogP contribution >= 0.6 is 23.2 Å². The van der Waals surface area contributed by atoms with E-state index in [0.717, 1.165) is 37.6 Å². The Hall–Kier alpha value is -1.87. The lowest BCUT2D eigenvalue weighted by Gasteiger charge is -2.35. The number of aromatic nitrogens is 1. The molecule has 0 aliphatic carbocycles. The van der Waals surface area contributed by atoms with E-state index in [0.29, 0.717) is 28.0 Å². The first kappa shape index (κ1) is 17.0. The fraction of sp³-hybridized carbons (Fsp3) is 0.353. The Morgan fingerprint density at radius 2 is 1.88 bits per heavy atom. The average molecular weight is 364 g/mol. The molecule has 1 aliphatic rings. The van der Waals surface area contributed by atoms with Gasteiger partial charge in [-0.3, -0.25) is 0 Å². The summed E-state index contributed by atoms with van der Waals surface area (Å²) >= 11 is 12.3. The molecule has 1 aromatic carbocycles. The van der Waals surface area contributed by atoms with Crippen molar-refractivity contribution in [2.24, 2.45) is 0 Å². The van der Waals surface area contributed by atoms with Gasteiger partial charge in [-0.05, 0) is 30.8 Å². The summed E-state index contributed by atoms with van der Waals surface area (Å²) in [5.74, 6) is 0.894. The normalized spacial score (nSPS) is 15.5. The largest absolute Gasteiger partial charge is 0.396 e. The molecule has 1 fully saturated rings. The van der Waals surface area contributed by atoms with Crippen LogP contribution in [-0.2, 0) is 6.54 Å². The second-order valence-corrected chi connectivity index (χ2v) is 6.88. The van der Waals surface area contributed by atoms with Crippen molar-refractivity contribution in [2.75, 3.05) is 43.9 Å². The molecule has 2 heterocycles. The summed E-state index contributed by atoms with van der Waals surface area (Å²) in [5, 5.41) is 10.7. The van der Waals surface area contributed by atoms with E-state index in [1.807, 2.05) is 10.6 Å². The third-order valence-electron chi connectivity index (χ3n) is 4.36. The SMILES string of the molecule is CN1CCN(c2c(N)cc(C#N)n2Cc2ccc(Cl)cc2Cl)CC1. The van der Waals surface area contributed by atoms with Crippen molar-refractivity contribution in [3.05, 3.63) is 45.6 Å². The van der Waals surface area contributed by atoms with E-state index in [2.05, 4.69) is 22.9 Å². The van der Waals surface area contributed by atoms with Crippen molar-refractivity contribution >= 4 is 34.7 Å². The topological polar surface area (TPSA) is 61.2 Å². The highest BCUT2D eigenvalue weighted by Gasteiger charge is 2.23. The molecule has 7 heteroatoms. The number of halogens is 2. The molecule has 2 aromatic rings. The number of nitrogens with zero attached hydrogens (tertiary/aromatic N) is 4. The minimum atomic E-state index is 0.484. The highest BCUT2D eigenvalue weighted by Crippen LogP contribution is 2.31. The first-order valence-corrected chi connectivity index (χ1v) is 8.51. The Morgan fingerprint density at radius 3 is 2.50 bits per heavy atom. The van der Waals surface area contributed by atoms with Gasteiger partial charge in [-0.15, -0.1) is 0 Å². The number of hydrogen-bond acceptors (Lipinski definition) is 4. The van der Waals surface area contributed by atoms with Crippen molar-refractivity contribution < 1.29 is 0 Å². The van der Waals surface area contributed by atoms with Gasteiger partial charge in [0.05, 0.1) is 12.2 Å². The molecule has 126 valence electrons. The zero-order valence-corrected chi connectivity index (χ0v) is 15.0. The Kier molecular flexibility index (Phi) is 4.91. The van der Waals surface area contributed by atoms with Gasteiger partial charge in [-0.2, -0.15) is 5.26 Å². The Labute approximate surface area is 151 Å². The molecule has 24 heavy (non-hydrogen) atoms. The number of benzene rings is 1. The Balaban J connectivity index is 1.98. The second-order valence-electron chi connectivity index (χ2n) is 6.03. The fourth-order valence-electron chi connectivity index (χ4n) is 3.00. The fourth-order valence-corrected chi connectivity index (χ4v) is 3.47. The van der Waals surface area contributed by atoms with Crippen molar-refractivity contribution in [1.82, 2.24) is 9.47 Å². The van der Waals surface area contributed by atoms with E-state index >= 15 is 0 Å². The molecule has 0 saturated carbocycles. The zero-order valence-electron chi connectivity index (χ0n) is 13.5. The Morgan fingerprint density at radius 1 is 1.17 bits per heavy atom. The smallest absolute Gasteiger partial charge is 0.133 e. The molecule has 3 rings (SSSR count). The zero-order chi connectivity index (χ0) is 17.3. The Bertz CT molecular complexity index is 785. The third kappa shape index (κ3) is 3.32. The number of piperazine rings is 1. The maximum atomic E-state index is 9.48. The monoisotopic (exact) mass is 363 g/mol. The van der Waals surface area contributed by atoms with Crippen LogP contribution in [0.3, 0.4) is 0 Å². The molecular weight excluding hydrogens is 345 g/mol. The van der Waals surface area contributed by atoms with Crippen LogP contribution in [0.25, 0.3) is 0 Å². The summed E-state index contributed by atoms with van der Waals surface area (Å²) in [7, 11) is 2.11. The quantitative estimate of drug-likeness (QED) is 0.910. The molecule has 0 radical (unpaired) electrons. The van der Waals surface area contributed by atoms with E-state index in [9.17, 15) is 5.26 Å². The van der Waals surface area contributed by atoms with Crippen LogP contribution in [0.5, 0.6) is 0 Å². The summed E-state index contributed by atoms with van der Waals surface area (Å²) in [4.78, 5) is 4.52. The van der Waals surface area contributed by atoms with Crippen LogP contribution in [0.2, 0.25) is 10.0 Å². The lowest BCUT2D eigenvalue weighted by atomic mass is 10.2. The van der Waals surface area contributed by atoms with Gasteiger partial charge >= 0.3 is 0 Å². The molecular formula is C17H19Cl2N5. The van der Waals surface area contributed by atoms with Gasteiger partial charge in [0.25, 0.3) is 0 Å². The maximum Gasteiger partial charge on any atom is 0.133 e. The van der Waals surface area contributed by atoms with Crippen LogP contribution in [0.4, 0.5) is 11.5 Å². The molecule has 0 bridgehead atoms. The van der Waals surface area contributed by atoms with Crippen LogP contribution in [0, 0.1) is 11.3 Å². The third-order valence-corrected chi connectivity index (χ3v) is 4.94. The number of nitrogen functional groups attached to an aromatic ring is 1. The molecule has 2 N–H and O–H groups in total. The molecule has 0 amide bonds. The molecule has 5 nitrogen and oxygen atoms in total. The van der Waals surface area contributed by atoms with Crippen molar-refractivity contribution in [2.45, 2.75) is 6.54 Å². The molecule has 0 spiro atoms. The number of likely N-dealkylation sites (N-methyl/N-ethyl adjacent to an activating group) is 1. The first-order chi connectivity index (χ1) is 11.5. The molecule has 1 aliphatic heterocycles.